The normalized spacial score (nSPS) is 11.5. The summed E-state index contributed by atoms with van der Waals surface area (Å²) in [6, 6.07) is 0. The highest BCUT2D eigenvalue weighted by Crippen LogP contribution is 2.23. The van der Waals surface area contributed by atoms with Crippen molar-refractivity contribution in [2.75, 3.05) is 0 Å². The van der Waals surface area contributed by atoms with Crippen LogP contribution >= 0.6 is 23.2 Å². The number of halogens is 2. The molecule has 0 unspecified atom stereocenters. The van der Waals surface area contributed by atoms with E-state index in [1.807, 2.05) is 13.8 Å². The Morgan fingerprint density at radius 3 is 2.27 bits per heavy atom. The topological polar surface area (TPSA) is 38.9 Å². The van der Waals surface area contributed by atoms with Gasteiger partial charge in [-0.25, -0.2) is 0 Å². The van der Waals surface area contributed by atoms with E-state index in [1.165, 1.54) is 0 Å². The van der Waals surface area contributed by atoms with E-state index in [1.54, 1.807) is 0 Å². The summed E-state index contributed by atoms with van der Waals surface area (Å²) in [4.78, 5) is 3.24. The molecule has 0 aromatic carbocycles. The van der Waals surface area contributed by atoms with Crippen LogP contribution in [0.25, 0.3) is 0 Å². The van der Waals surface area contributed by atoms with E-state index in [4.69, 9.17) is 27.7 Å². The van der Waals surface area contributed by atoms with Gasteiger partial charge in [-0.2, -0.15) is 4.98 Å². The smallest absolute Gasteiger partial charge is 0.259 e. The lowest BCUT2D eigenvalue weighted by molar-refractivity contribution is 0.380. The molecule has 5 heteroatoms. The Morgan fingerprint density at radius 1 is 1.36 bits per heavy atom. The second-order valence-electron chi connectivity index (χ2n) is 2.45. The van der Waals surface area contributed by atoms with Crippen LogP contribution in [0, 0.1) is 0 Å². The van der Waals surface area contributed by atoms with Gasteiger partial charge >= 0.3 is 0 Å². The summed E-state index contributed by atoms with van der Waals surface area (Å²) in [5.41, 5.74) is 0. The quantitative estimate of drug-likeness (QED) is 0.681. The fraction of sp³-hybridized carbons (Fsp3) is 0.667. The average Bonchev–Trinajstić information content (AvgIpc) is 2.33. The lowest BCUT2D eigenvalue weighted by atomic mass is 10.2. The zero-order chi connectivity index (χ0) is 8.43. The first-order valence-corrected chi connectivity index (χ1v) is 4.10. The molecular formula is C6H8Cl2N2O. The summed E-state index contributed by atoms with van der Waals surface area (Å²) in [6.45, 7) is 3.93. The number of rotatable bonds is 2. The van der Waals surface area contributed by atoms with Gasteiger partial charge in [0.2, 0.25) is 0 Å². The maximum absolute atomic E-state index is 5.49. The van der Waals surface area contributed by atoms with Gasteiger partial charge in [0.15, 0.2) is 10.7 Å². The molecule has 0 saturated carbocycles. The predicted molar refractivity (Wildman–Crippen MR) is 42.8 cm³/mol. The second kappa shape index (κ2) is 3.41. The monoisotopic (exact) mass is 194 g/mol. The first kappa shape index (κ1) is 8.81. The van der Waals surface area contributed by atoms with Crippen molar-refractivity contribution >= 4 is 23.2 Å². The number of aromatic nitrogens is 2. The first-order chi connectivity index (χ1) is 5.11. The lowest BCUT2D eigenvalue weighted by Crippen LogP contribution is -1.90. The summed E-state index contributed by atoms with van der Waals surface area (Å²) in [5.74, 6) is 1.13. The van der Waals surface area contributed by atoms with Crippen LogP contribution < -0.4 is 0 Å². The van der Waals surface area contributed by atoms with E-state index in [9.17, 15) is 0 Å². The Kier molecular flexibility index (Phi) is 2.73. The van der Waals surface area contributed by atoms with Crippen LogP contribution in [0.2, 0.25) is 0 Å². The van der Waals surface area contributed by atoms with Crippen LogP contribution in [-0.2, 0) is 0 Å². The van der Waals surface area contributed by atoms with Crippen molar-refractivity contribution in [3.8, 4) is 0 Å². The minimum atomic E-state index is -0.727. The van der Waals surface area contributed by atoms with Gasteiger partial charge in [0.1, 0.15) is 0 Å². The maximum atomic E-state index is 5.49. The molecule has 3 nitrogen and oxygen atoms in total. The van der Waals surface area contributed by atoms with Crippen molar-refractivity contribution < 1.29 is 4.52 Å². The van der Waals surface area contributed by atoms with Crippen molar-refractivity contribution in [3.05, 3.63) is 11.7 Å². The van der Waals surface area contributed by atoms with Crippen molar-refractivity contribution in [2.24, 2.45) is 0 Å². The number of hydrogen-bond acceptors (Lipinski definition) is 3. The highest BCUT2D eigenvalue weighted by atomic mass is 35.5. The van der Waals surface area contributed by atoms with Crippen LogP contribution in [0.3, 0.4) is 0 Å². The van der Waals surface area contributed by atoms with Gasteiger partial charge < -0.3 is 4.52 Å². The summed E-state index contributed by atoms with van der Waals surface area (Å²) in [7, 11) is 0. The number of alkyl halides is 2. The first-order valence-electron chi connectivity index (χ1n) is 3.23. The molecule has 0 aliphatic rings. The summed E-state index contributed by atoms with van der Waals surface area (Å²) in [5, 5.41) is 3.68. The Labute approximate surface area is 74.7 Å². The minimum Gasteiger partial charge on any atom is -0.336 e. The molecule has 0 amide bonds. The summed E-state index contributed by atoms with van der Waals surface area (Å²) in [6.07, 6.45) is 0. The minimum absolute atomic E-state index is 0.236. The molecular weight excluding hydrogens is 187 g/mol. The molecule has 0 saturated heterocycles. The lowest BCUT2D eigenvalue weighted by Gasteiger charge is -1.92. The van der Waals surface area contributed by atoms with Gasteiger partial charge in [0.25, 0.3) is 5.89 Å². The molecule has 0 spiro atoms. The Morgan fingerprint density at radius 2 is 2.00 bits per heavy atom. The third-order valence-corrected chi connectivity index (χ3v) is 1.53. The zero-order valence-electron chi connectivity index (χ0n) is 6.21. The maximum Gasteiger partial charge on any atom is 0.259 e. The third kappa shape index (κ3) is 2.07. The third-order valence-electron chi connectivity index (χ3n) is 1.16. The molecule has 1 aromatic rings. The Balaban J connectivity index is 2.82. The number of hydrogen-bond donors (Lipinski definition) is 0. The van der Waals surface area contributed by atoms with Gasteiger partial charge in [0.05, 0.1) is 0 Å². The predicted octanol–water partition coefficient (Wildman–Crippen LogP) is 2.67. The van der Waals surface area contributed by atoms with Crippen molar-refractivity contribution in [1.29, 1.82) is 0 Å². The van der Waals surface area contributed by atoms with E-state index < -0.39 is 4.84 Å². The van der Waals surface area contributed by atoms with Gasteiger partial charge in [-0.05, 0) is 0 Å². The fourth-order valence-electron chi connectivity index (χ4n) is 0.570. The summed E-state index contributed by atoms with van der Waals surface area (Å²) >= 11 is 11.0. The summed E-state index contributed by atoms with van der Waals surface area (Å²) < 4.78 is 4.76. The largest absolute Gasteiger partial charge is 0.336 e. The highest BCUT2D eigenvalue weighted by Gasteiger charge is 2.14. The van der Waals surface area contributed by atoms with E-state index in [0.717, 1.165) is 0 Å². The molecule has 1 aromatic heterocycles. The average molecular weight is 195 g/mol. The van der Waals surface area contributed by atoms with Crippen molar-refractivity contribution in [1.82, 2.24) is 10.1 Å². The fourth-order valence-corrected chi connectivity index (χ4v) is 0.748. The Bertz CT molecular complexity index is 212. The molecule has 0 atom stereocenters. The molecule has 0 aliphatic heterocycles. The van der Waals surface area contributed by atoms with Gasteiger partial charge in [0, 0.05) is 5.92 Å². The molecule has 11 heavy (non-hydrogen) atoms. The van der Waals surface area contributed by atoms with Gasteiger partial charge in [-0.3, -0.25) is 0 Å². The molecule has 0 bridgehead atoms. The molecule has 0 N–H and O–H groups in total. The molecule has 0 aliphatic carbocycles. The van der Waals surface area contributed by atoms with Gasteiger partial charge in [-0.15, -0.1) is 0 Å². The van der Waals surface area contributed by atoms with Crippen molar-refractivity contribution in [3.63, 3.8) is 0 Å². The molecule has 0 fully saturated rings. The van der Waals surface area contributed by atoms with Crippen molar-refractivity contribution in [2.45, 2.75) is 24.6 Å². The standard InChI is InChI=1S/C6H8Cl2N2O/c1-3(2)5-9-6(4(7)8)11-10-5/h3-4H,1-2H3. The van der Waals surface area contributed by atoms with Gasteiger partial charge in [-0.1, -0.05) is 42.2 Å². The zero-order valence-corrected chi connectivity index (χ0v) is 7.73. The van der Waals surface area contributed by atoms with E-state index >= 15 is 0 Å². The van der Waals surface area contributed by atoms with E-state index in [2.05, 4.69) is 10.1 Å². The van der Waals surface area contributed by atoms with E-state index in [0.29, 0.717) is 5.82 Å². The molecule has 1 rings (SSSR count). The second-order valence-corrected chi connectivity index (χ2v) is 3.54. The molecule has 62 valence electrons. The van der Waals surface area contributed by atoms with Crippen LogP contribution in [0.15, 0.2) is 4.52 Å². The number of nitrogens with zero attached hydrogens (tertiary/aromatic N) is 2. The van der Waals surface area contributed by atoms with Crippen LogP contribution in [0.4, 0.5) is 0 Å². The highest BCUT2D eigenvalue weighted by molar-refractivity contribution is 6.43. The van der Waals surface area contributed by atoms with E-state index in [-0.39, 0.29) is 11.8 Å². The van der Waals surface area contributed by atoms with Crippen LogP contribution in [-0.4, -0.2) is 10.1 Å². The Hall–Kier alpha value is -0.280. The molecule has 0 radical (unpaired) electrons. The SMILES string of the molecule is CC(C)c1noc(C(Cl)Cl)n1. The molecule has 1 heterocycles. The van der Waals surface area contributed by atoms with Crippen LogP contribution in [0.1, 0.15) is 36.3 Å². The van der Waals surface area contributed by atoms with Crippen LogP contribution in [0.5, 0.6) is 0 Å².